The number of nitrogens with one attached hydrogen (secondary N) is 2. The molecule has 7 nitrogen and oxygen atoms in total. The second-order valence-electron chi connectivity index (χ2n) is 8.82. The van der Waals surface area contributed by atoms with Crippen molar-refractivity contribution < 1.29 is 9.53 Å². The molecule has 1 aromatic heterocycles. The van der Waals surface area contributed by atoms with E-state index in [-0.39, 0.29) is 5.91 Å². The van der Waals surface area contributed by atoms with E-state index in [1.165, 1.54) is 6.33 Å². The standard InChI is InChI=1S/C28H26ClN5O2/c1-17-8-13-23(18(2)14-17)33-27(35)25-19(3)32-28-30-16-31-34(28)26(25)22-6-4-5-7-24(22)36-15-20-9-11-21(29)12-10-20/h4-14,16,26H,15H2,1-3H3,(H,33,35)(H,30,31,32)/t26-/m1/s1. The van der Waals surface area contributed by atoms with Crippen LogP contribution in [0.3, 0.4) is 0 Å². The third kappa shape index (κ3) is 4.70. The molecule has 0 radical (unpaired) electrons. The van der Waals surface area contributed by atoms with E-state index in [1.807, 2.05) is 87.5 Å². The first-order valence-electron chi connectivity index (χ1n) is 11.6. The predicted molar refractivity (Wildman–Crippen MR) is 141 cm³/mol. The lowest BCUT2D eigenvalue weighted by Gasteiger charge is -2.30. The molecule has 1 atom stereocenters. The van der Waals surface area contributed by atoms with Crippen LogP contribution in [0, 0.1) is 13.8 Å². The van der Waals surface area contributed by atoms with E-state index >= 15 is 0 Å². The van der Waals surface area contributed by atoms with Crippen molar-refractivity contribution in [2.45, 2.75) is 33.4 Å². The zero-order valence-corrected chi connectivity index (χ0v) is 21.0. The van der Waals surface area contributed by atoms with E-state index in [0.717, 1.165) is 27.9 Å². The first-order chi connectivity index (χ1) is 17.4. The minimum atomic E-state index is -0.532. The molecule has 4 aromatic rings. The van der Waals surface area contributed by atoms with Gasteiger partial charge >= 0.3 is 0 Å². The van der Waals surface area contributed by atoms with Crippen molar-refractivity contribution in [1.29, 1.82) is 0 Å². The van der Waals surface area contributed by atoms with Crippen LogP contribution < -0.4 is 15.4 Å². The Labute approximate surface area is 214 Å². The number of carbonyl (C=O) groups excluding carboxylic acids is 1. The molecule has 0 bridgehead atoms. The van der Waals surface area contributed by atoms with Crippen LogP contribution in [0.2, 0.25) is 5.02 Å². The molecular formula is C28H26ClN5O2. The molecule has 182 valence electrons. The average Bonchev–Trinajstić information content (AvgIpc) is 3.33. The van der Waals surface area contributed by atoms with Gasteiger partial charge in [-0.15, -0.1) is 0 Å². The lowest BCUT2D eigenvalue weighted by molar-refractivity contribution is -0.113. The molecule has 2 heterocycles. The highest BCUT2D eigenvalue weighted by molar-refractivity contribution is 6.30. The van der Waals surface area contributed by atoms with Crippen molar-refractivity contribution in [3.63, 3.8) is 0 Å². The number of nitrogens with zero attached hydrogens (tertiary/aromatic N) is 3. The number of aromatic nitrogens is 3. The molecular weight excluding hydrogens is 474 g/mol. The van der Waals surface area contributed by atoms with E-state index in [2.05, 4.69) is 20.7 Å². The van der Waals surface area contributed by atoms with Gasteiger partial charge in [0.1, 0.15) is 24.7 Å². The number of aryl methyl sites for hydroxylation is 2. The Bertz CT molecular complexity index is 1460. The summed E-state index contributed by atoms with van der Waals surface area (Å²) in [6, 6.07) is 20.6. The molecule has 0 saturated heterocycles. The van der Waals surface area contributed by atoms with Gasteiger partial charge in [0, 0.05) is 22.0 Å². The normalized spacial score (nSPS) is 14.7. The number of anilines is 2. The number of rotatable bonds is 6. The van der Waals surface area contributed by atoms with Crippen molar-refractivity contribution in [3.05, 3.63) is 112 Å². The molecule has 0 fully saturated rings. The Balaban J connectivity index is 1.51. The quantitative estimate of drug-likeness (QED) is 0.337. The van der Waals surface area contributed by atoms with Crippen molar-refractivity contribution in [2.75, 3.05) is 10.6 Å². The highest BCUT2D eigenvalue weighted by Gasteiger charge is 2.35. The second kappa shape index (κ2) is 9.87. The van der Waals surface area contributed by atoms with Gasteiger partial charge in [0.25, 0.3) is 5.91 Å². The molecule has 0 saturated carbocycles. The monoisotopic (exact) mass is 499 g/mol. The van der Waals surface area contributed by atoms with E-state index in [0.29, 0.717) is 34.6 Å². The predicted octanol–water partition coefficient (Wildman–Crippen LogP) is 6.05. The SMILES string of the molecule is CC1=C(C(=O)Nc2ccc(C)cc2C)[C@@H](c2ccccc2OCc2ccc(Cl)cc2)n2ncnc2N1. The highest BCUT2D eigenvalue weighted by atomic mass is 35.5. The van der Waals surface area contributed by atoms with Gasteiger partial charge < -0.3 is 15.4 Å². The number of carbonyl (C=O) groups is 1. The Morgan fingerprint density at radius 1 is 1.08 bits per heavy atom. The van der Waals surface area contributed by atoms with Crippen LogP contribution in [-0.4, -0.2) is 20.7 Å². The van der Waals surface area contributed by atoms with Gasteiger partial charge in [0.05, 0.1) is 5.57 Å². The van der Waals surface area contributed by atoms with Crippen LogP contribution >= 0.6 is 11.6 Å². The maximum Gasteiger partial charge on any atom is 0.255 e. The molecule has 1 amide bonds. The summed E-state index contributed by atoms with van der Waals surface area (Å²) >= 11 is 6.02. The fourth-order valence-corrected chi connectivity index (χ4v) is 4.52. The van der Waals surface area contributed by atoms with Crippen LogP contribution in [-0.2, 0) is 11.4 Å². The number of halogens is 1. The van der Waals surface area contributed by atoms with E-state index in [4.69, 9.17) is 16.3 Å². The molecule has 36 heavy (non-hydrogen) atoms. The van der Waals surface area contributed by atoms with Gasteiger partial charge in [-0.2, -0.15) is 10.1 Å². The van der Waals surface area contributed by atoms with E-state index < -0.39 is 6.04 Å². The van der Waals surface area contributed by atoms with Gasteiger partial charge in [0.2, 0.25) is 5.95 Å². The Kier molecular flexibility index (Phi) is 6.48. The number of para-hydroxylation sites is 1. The Morgan fingerprint density at radius 3 is 2.64 bits per heavy atom. The molecule has 3 aromatic carbocycles. The zero-order chi connectivity index (χ0) is 25.2. The number of hydrogen-bond donors (Lipinski definition) is 2. The lowest BCUT2D eigenvalue weighted by atomic mass is 9.94. The van der Waals surface area contributed by atoms with Crippen molar-refractivity contribution >= 4 is 29.1 Å². The van der Waals surface area contributed by atoms with Crippen molar-refractivity contribution in [1.82, 2.24) is 14.8 Å². The number of allylic oxidation sites excluding steroid dienone is 1. The van der Waals surface area contributed by atoms with Crippen molar-refractivity contribution in [3.8, 4) is 5.75 Å². The van der Waals surface area contributed by atoms with Gasteiger partial charge in [-0.25, -0.2) is 4.68 Å². The molecule has 8 heteroatoms. The van der Waals surface area contributed by atoms with Gasteiger partial charge in [0.15, 0.2) is 0 Å². The molecule has 1 aliphatic heterocycles. The molecule has 0 spiro atoms. The third-order valence-electron chi connectivity index (χ3n) is 6.19. The smallest absolute Gasteiger partial charge is 0.255 e. The summed E-state index contributed by atoms with van der Waals surface area (Å²) in [7, 11) is 0. The molecule has 0 aliphatic carbocycles. The average molecular weight is 500 g/mol. The third-order valence-corrected chi connectivity index (χ3v) is 6.44. The largest absolute Gasteiger partial charge is 0.489 e. The van der Waals surface area contributed by atoms with Crippen LogP contribution in [0.5, 0.6) is 5.75 Å². The van der Waals surface area contributed by atoms with E-state index in [1.54, 1.807) is 4.68 Å². The summed E-state index contributed by atoms with van der Waals surface area (Å²) < 4.78 is 7.96. The summed E-state index contributed by atoms with van der Waals surface area (Å²) in [6.07, 6.45) is 1.48. The number of benzene rings is 3. The topological polar surface area (TPSA) is 81.1 Å². The minimum Gasteiger partial charge on any atom is -0.489 e. The first kappa shape index (κ1) is 23.6. The zero-order valence-electron chi connectivity index (χ0n) is 20.2. The van der Waals surface area contributed by atoms with Gasteiger partial charge in [-0.05, 0) is 56.2 Å². The maximum absolute atomic E-state index is 13.7. The number of hydrogen-bond acceptors (Lipinski definition) is 5. The Hall–Kier alpha value is -4.10. The number of amides is 1. The van der Waals surface area contributed by atoms with E-state index in [9.17, 15) is 4.79 Å². The highest BCUT2D eigenvalue weighted by Crippen LogP contribution is 2.39. The molecule has 2 N–H and O–H groups in total. The molecule has 1 aliphatic rings. The lowest BCUT2D eigenvalue weighted by Crippen LogP contribution is -2.32. The molecule has 5 rings (SSSR count). The van der Waals surface area contributed by atoms with Crippen molar-refractivity contribution in [2.24, 2.45) is 0 Å². The second-order valence-corrected chi connectivity index (χ2v) is 9.26. The number of fused-ring (bicyclic) bond motifs is 1. The Morgan fingerprint density at radius 2 is 1.86 bits per heavy atom. The van der Waals surface area contributed by atoms with Crippen LogP contribution in [0.15, 0.2) is 84.3 Å². The number of ether oxygens (including phenoxy) is 1. The maximum atomic E-state index is 13.7. The minimum absolute atomic E-state index is 0.217. The first-order valence-corrected chi connectivity index (χ1v) is 12.0. The van der Waals surface area contributed by atoms with Crippen LogP contribution in [0.25, 0.3) is 0 Å². The summed E-state index contributed by atoms with van der Waals surface area (Å²) in [4.78, 5) is 18.1. The summed E-state index contributed by atoms with van der Waals surface area (Å²) in [6.45, 7) is 6.24. The molecule has 0 unspecified atom stereocenters. The fourth-order valence-electron chi connectivity index (χ4n) is 4.40. The summed E-state index contributed by atoms with van der Waals surface area (Å²) in [5.74, 6) is 1.00. The van der Waals surface area contributed by atoms with Gasteiger partial charge in [-0.1, -0.05) is 59.6 Å². The van der Waals surface area contributed by atoms with Crippen LogP contribution in [0.4, 0.5) is 11.6 Å². The van der Waals surface area contributed by atoms with Crippen LogP contribution in [0.1, 0.15) is 35.2 Å². The van der Waals surface area contributed by atoms with Gasteiger partial charge in [-0.3, -0.25) is 4.79 Å². The summed E-state index contributed by atoms with van der Waals surface area (Å²) in [5.41, 5.74) is 5.93. The fraction of sp³-hybridized carbons (Fsp3) is 0.179. The summed E-state index contributed by atoms with van der Waals surface area (Å²) in [5, 5.41) is 11.4.